The van der Waals surface area contributed by atoms with Gasteiger partial charge in [-0.2, -0.15) is 0 Å². The van der Waals surface area contributed by atoms with Crippen LogP contribution in [0.25, 0.3) is 6.08 Å². The summed E-state index contributed by atoms with van der Waals surface area (Å²) in [5.74, 6) is -0.160. The van der Waals surface area contributed by atoms with Crippen LogP contribution in [0.2, 0.25) is 0 Å². The number of methoxy groups -OCH3 is 1. The topological polar surface area (TPSA) is 58.6 Å². The summed E-state index contributed by atoms with van der Waals surface area (Å²) in [7, 11) is 1.63. The maximum absolute atomic E-state index is 11.8. The van der Waals surface area contributed by atoms with Crippen molar-refractivity contribution in [3.8, 4) is 0 Å². The van der Waals surface area contributed by atoms with E-state index in [0.717, 1.165) is 15.3 Å². The molecule has 1 unspecified atom stereocenters. The van der Waals surface area contributed by atoms with Gasteiger partial charge in [0.2, 0.25) is 5.91 Å². The summed E-state index contributed by atoms with van der Waals surface area (Å²) >= 11 is 3.10. The molecular formula is C15H17NO3S2. The van der Waals surface area contributed by atoms with Gasteiger partial charge in [0.15, 0.2) is 0 Å². The first-order valence-corrected chi connectivity index (χ1v) is 8.19. The number of carbonyl (C=O) groups is 1. The first-order valence-electron chi connectivity index (χ1n) is 6.43. The van der Waals surface area contributed by atoms with Gasteiger partial charge < -0.3 is 15.2 Å². The van der Waals surface area contributed by atoms with E-state index in [0.29, 0.717) is 6.54 Å². The molecule has 2 aromatic heterocycles. The average Bonchev–Trinajstić information content (AvgIpc) is 3.17. The number of nitrogens with one attached hydrogen (secondary N) is 1. The zero-order chi connectivity index (χ0) is 15.1. The molecular weight excluding hydrogens is 306 g/mol. The molecule has 0 saturated carbocycles. The molecule has 2 rings (SSSR count). The number of rotatable bonds is 7. The van der Waals surface area contributed by atoms with E-state index in [-0.39, 0.29) is 18.6 Å². The molecule has 0 aromatic carbocycles. The lowest BCUT2D eigenvalue weighted by molar-refractivity contribution is -0.117. The molecule has 0 aliphatic rings. The van der Waals surface area contributed by atoms with Crippen LogP contribution in [0, 0.1) is 0 Å². The third-order valence-electron chi connectivity index (χ3n) is 2.86. The number of ether oxygens (including phenoxy) is 1. The van der Waals surface area contributed by atoms with Gasteiger partial charge in [-0.25, -0.2) is 0 Å². The second-order valence-corrected chi connectivity index (χ2v) is 6.26. The van der Waals surface area contributed by atoms with Crippen molar-refractivity contribution in [1.82, 2.24) is 5.32 Å². The second kappa shape index (κ2) is 8.09. The summed E-state index contributed by atoms with van der Waals surface area (Å²) < 4.78 is 5.37. The molecule has 0 bridgehead atoms. The highest BCUT2D eigenvalue weighted by Gasteiger charge is 2.11. The van der Waals surface area contributed by atoms with E-state index in [1.165, 1.54) is 17.4 Å². The zero-order valence-electron chi connectivity index (χ0n) is 11.6. The summed E-state index contributed by atoms with van der Waals surface area (Å²) in [6.07, 6.45) is 3.12. The maximum atomic E-state index is 11.8. The number of hydrogen-bond donors (Lipinski definition) is 2. The highest BCUT2D eigenvalue weighted by Crippen LogP contribution is 2.21. The van der Waals surface area contributed by atoms with Gasteiger partial charge >= 0.3 is 0 Å². The number of aliphatic hydroxyl groups is 1. The van der Waals surface area contributed by atoms with E-state index in [9.17, 15) is 4.79 Å². The molecule has 0 radical (unpaired) electrons. The molecule has 0 fully saturated rings. The highest BCUT2D eigenvalue weighted by molar-refractivity contribution is 7.11. The normalized spacial score (nSPS) is 12.7. The Hall–Kier alpha value is -1.47. The SMILES string of the molecule is COC(CNC(=O)/C=C/c1cc(CO)cs1)c1cccs1. The molecule has 0 saturated heterocycles. The predicted molar refractivity (Wildman–Crippen MR) is 86.4 cm³/mol. The number of amides is 1. The van der Waals surface area contributed by atoms with E-state index in [1.807, 2.05) is 29.0 Å². The van der Waals surface area contributed by atoms with Crippen molar-refractivity contribution in [1.29, 1.82) is 0 Å². The lowest BCUT2D eigenvalue weighted by Gasteiger charge is -2.13. The van der Waals surface area contributed by atoms with Crippen LogP contribution in [0.3, 0.4) is 0 Å². The van der Waals surface area contributed by atoms with E-state index < -0.39 is 0 Å². The largest absolute Gasteiger partial charge is 0.392 e. The number of thiophene rings is 2. The molecule has 4 nitrogen and oxygen atoms in total. The average molecular weight is 323 g/mol. The molecule has 2 heterocycles. The van der Waals surface area contributed by atoms with Gasteiger partial charge in [-0.1, -0.05) is 6.07 Å². The quantitative estimate of drug-likeness (QED) is 0.770. The van der Waals surface area contributed by atoms with E-state index in [4.69, 9.17) is 9.84 Å². The van der Waals surface area contributed by atoms with Crippen molar-refractivity contribution in [2.45, 2.75) is 12.7 Å². The molecule has 0 aliphatic carbocycles. The predicted octanol–water partition coefficient (Wildman–Crippen LogP) is 2.82. The van der Waals surface area contributed by atoms with Crippen molar-refractivity contribution in [3.63, 3.8) is 0 Å². The Bertz CT molecular complexity index is 590. The van der Waals surface area contributed by atoms with Gasteiger partial charge in [0, 0.05) is 29.5 Å². The van der Waals surface area contributed by atoms with Gasteiger partial charge in [0.25, 0.3) is 0 Å². The van der Waals surface area contributed by atoms with Gasteiger partial charge in [-0.15, -0.1) is 22.7 Å². The van der Waals surface area contributed by atoms with E-state index in [2.05, 4.69) is 5.32 Å². The van der Waals surface area contributed by atoms with Crippen molar-refractivity contribution >= 4 is 34.7 Å². The van der Waals surface area contributed by atoms with Gasteiger partial charge in [-0.3, -0.25) is 4.79 Å². The Morgan fingerprint density at radius 3 is 3.00 bits per heavy atom. The molecule has 112 valence electrons. The summed E-state index contributed by atoms with van der Waals surface area (Å²) in [6.45, 7) is 0.458. The van der Waals surface area contributed by atoms with Crippen LogP contribution in [-0.4, -0.2) is 24.7 Å². The standard InChI is InChI=1S/C15H17NO3S2/c1-19-13(14-3-2-6-20-14)8-16-15(18)5-4-12-7-11(9-17)10-21-12/h2-7,10,13,17H,8-9H2,1H3,(H,16,18)/b5-4+. The highest BCUT2D eigenvalue weighted by atomic mass is 32.1. The molecule has 1 atom stereocenters. The Balaban J connectivity index is 1.84. The van der Waals surface area contributed by atoms with Crippen LogP contribution in [0.1, 0.15) is 21.4 Å². The molecule has 6 heteroatoms. The number of hydrogen-bond acceptors (Lipinski definition) is 5. The molecule has 2 aromatic rings. The fourth-order valence-electron chi connectivity index (χ4n) is 1.75. The van der Waals surface area contributed by atoms with Crippen molar-refractivity contribution < 1.29 is 14.6 Å². The van der Waals surface area contributed by atoms with Crippen molar-refractivity contribution in [3.05, 3.63) is 50.4 Å². The van der Waals surface area contributed by atoms with E-state index >= 15 is 0 Å². The number of aliphatic hydroxyl groups excluding tert-OH is 1. The third kappa shape index (κ3) is 4.78. The molecule has 1 amide bonds. The Morgan fingerprint density at radius 1 is 1.52 bits per heavy atom. The fourth-order valence-corrected chi connectivity index (χ4v) is 3.35. The maximum Gasteiger partial charge on any atom is 0.244 e. The Kier molecular flexibility index (Phi) is 6.13. The lowest BCUT2D eigenvalue weighted by Crippen LogP contribution is -2.27. The Labute approximate surface area is 131 Å². The van der Waals surface area contributed by atoms with Crippen molar-refractivity contribution in [2.24, 2.45) is 0 Å². The summed E-state index contributed by atoms with van der Waals surface area (Å²) in [6, 6.07) is 5.81. The first-order chi connectivity index (χ1) is 10.2. The molecule has 21 heavy (non-hydrogen) atoms. The van der Waals surface area contributed by atoms with Gasteiger partial charge in [-0.05, 0) is 34.5 Å². The number of carbonyl (C=O) groups excluding carboxylic acids is 1. The summed E-state index contributed by atoms with van der Waals surface area (Å²) in [5.41, 5.74) is 0.859. The minimum absolute atomic E-state index is 0.0207. The van der Waals surface area contributed by atoms with Crippen LogP contribution in [0.4, 0.5) is 0 Å². The Morgan fingerprint density at radius 2 is 2.38 bits per heavy atom. The minimum Gasteiger partial charge on any atom is -0.392 e. The smallest absolute Gasteiger partial charge is 0.244 e. The van der Waals surface area contributed by atoms with Crippen LogP contribution in [-0.2, 0) is 16.1 Å². The zero-order valence-corrected chi connectivity index (χ0v) is 13.2. The summed E-state index contributed by atoms with van der Waals surface area (Å²) in [5, 5.41) is 15.7. The van der Waals surface area contributed by atoms with Crippen LogP contribution in [0.15, 0.2) is 35.0 Å². The lowest BCUT2D eigenvalue weighted by atomic mass is 10.3. The molecule has 0 aliphatic heterocycles. The van der Waals surface area contributed by atoms with E-state index in [1.54, 1.807) is 24.5 Å². The fraction of sp³-hybridized carbons (Fsp3) is 0.267. The van der Waals surface area contributed by atoms with Crippen LogP contribution in [0.5, 0.6) is 0 Å². The molecule has 0 spiro atoms. The monoisotopic (exact) mass is 323 g/mol. The second-order valence-electron chi connectivity index (χ2n) is 4.33. The van der Waals surface area contributed by atoms with Crippen molar-refractivity contribution in [2.75, 3.05) is 13.7 Å². The minimum atomic E-state index is -0.160. The van der Waals surface area contributed by atoms with Gasteiger partial charge in [0.05, 0.1) is 6.61 Å². The first kappa shape index (κ1) is 15.9. The third-order valence-corrected chi connectivity index (χ3v) is 4.77. The van der Waals surface area contributed by atoms with Crippen LogP contribution < -0.4 is 5.32 Å². The summed E-state index contributed by atoms with van der Waals surface area (Å²) in [4.78, 5) is 13.8. The van der Waals surface area contributed by atoms with Crippen LogP contribution >= 0.6 is 22.7 Å². The molecule has 2 N–H and O–H groups in total. The van der Waals surface area contributed by atoms with Gasteiger partial charge in [0.1, 0.15) is 6.10 Å².